The van der Waals surface area contributed by atoms with E-state index >= 15 is 0 Å². The highest BCUT2D eigenvalue weighted by Gasteiger charge is 2.32. The molecule has 20 heavy (non-hydrogen) atoms. The standard InChI is InChI=1S/C12H14F3IN2O.ClH/c1-11(2,6-17)18-10(19)7-3-8(12(13,14)15)5-9(16)4-7;/h3-5H,6,17H2,1-2H3,(H,18,19);1H. The van der Waals surface area contributed by atoms with Gasteiger partial charge < -0.3 is 11.1 Å². The van der Waals surface area contributed by atoms with Crippen LogP contribution in [0.4, 0.5) is 13.2 Å². The Balaban J connectivity index is 0.00000361. The van der Waals surface area contributed by atoms with Gasteiger partial charge in [-0.1, -0.05) is 0 Å². The molecule has 3 N–H and O–H groups in total. The fraction of sp³-hybridized carbons (Fsp3) is 0.417. The number of nitrogens with two attached hydrogens (primary N) is 1. The summed E-state index contributed by atoms with van der Waals surface area (Å²) in [5.41, 5.74) is 3.93. The summed E-state index contributed by atoms with van der Waals surface area (Å²) in [6.07, 6.45) is -4.47. The van der Waals surface area contributed by atoms with Crippen molar-refractivity contribution in [1.29, 1.82) is 0 Å². The van der Waals surface area contributed by atoms with Crippen LogP contribution < -0.4 is 11.1 Å². The van der Waals surface area contributed by atoms with Gasteiger partial charge in [0.25, 0.3) is 5.91 Å². The van der Waals surface area contributed by atoms with E-state index in [1.54, 1.807) is 36.4 Å². The van der Waals surface area contributed by atoms with Crippen LogP contribution in [0.5, 0.6) is 0 Å². The summed E-state index contributed by atoms with van der Waals surface area (Å²) in [7, 11) is 0. The second-order valence-electron chi connectivity index (χ2n) is 4.77. The van der Waals surface area contributed by atoms with Crippen molar-refractivity contribution in [1.82, 2.24) is 5.32 Å². The maximum absolute atomic E-state index is 12.7. The van der Waals surface area contributed by atoms with E-state index in [0.717, 1.165) is 12.1 Å². The molecule has 0 aliphatic heterocycles. The summed E-state index contributed by atoms with van der Waals surface area (Å²) in [4.78, 5) is 11.9. The van der Waals surface area contributed by atoms with Gasteiger partial charge in [0.15, 0.2) is 0 Å². The number of halogens is 5. The lowest BCUT2D eigenvalue weighted by Gasteiger charge is -2.24. The number of alkyl halides is 3. The summed E-state index contributed by atoms with van der Waals surface area (Å²) >= 11 is 1.75. The maximum atomic E-state index is 12.7. The van der Waals surface area contributed by atoms with Crippen LogP contribution in [-0.4, -0.2) is 18.0 Å². The predicted octanol–water partition coefficient (Wildman–Crippen LogP) is 3.20. The zero-order valence-corrected chi connectivity index (χ0v) is 13.8. The Bertz CT molecular complexity index is 492. The van der Waals surface area contributed by atoms with Gasteiger partial charge in [0.2, 0.25) is 0 Å². The molecule has 3 nitrogen and oxygen atoms in total. The quantitative estimate of drug-likeness (QED) is 0.735. The first-order chi connectivity index (χ1) is 8.55. The molecule has 0 atom stereocenters. The van der Waals surface area contributed by atoms with E-state index in [9.17, 15) is 18.0 Å². The van der Waals surface area contributed by atoms with Crippen LogP contribution in [0.15, 0.2) is 18.2 Å². The SMILES string of the molecule is CC(C)(CN)NC(=O)c1cc(I)cc(C(F)(F)F)c1.Cl. The summed E-state index contributed by atoms with van der Waals surface area (Å²) in [6.45, 7) is 3.59. The van der Waals surface area contributed by atoms with E-state index in [0.29, 0.717) is 3.57 Å². The molecule has 1 rings (SSSR count). The molecule has 0 fully saturated rings. The van der Waals surface area contributed by atoms with Crippen LogP contribution in [0.25, 0.3) is 0 Å². The number of carbonyl (C=O) groups is 1. The Morgan fingerprint density at radius 1 is 1.30 bits per heavy atom. The maximum Gasteiger partial charge on any atom is 0.416 e. The molecule has 1 aromatic carbocycles. The van der Waals surface area contributed by atoms with Crippen LogP contribution in [0.2, 0.25) is 0 Å². The highest BCUT2D eigenvalue weighted by atomic mass is 127. The third kappa shape index (κ3) is 5.45. The third-order valence-electron chi connectivity index (χ3n) is 2.45. The molecule has 114 valence electrons. The Kier molecular flexibility index (Phi) is 6.76. The van der Waals surface area contributed by atoms with Gasteiger partial charge >= 0.3 is 6.18 Å². The minimum absolute atomic E-state index is 0. The number of benzene rings is 1. The average molecular weight is 423 g/mol. The number of hydrogen-bond acceptors (Lipinski definition) is 2. The van der Waals surface area contributed by atoms with E-state index in [1.165, 1.54) is 6.07 Å². The Labute approximate surface area is 135 Å². The molecule has 0 bridgehead atoms. The molecule has 0 spiro atoms. The van der Waals surface area contributed by atoms with Crippen molar-refractivity contribution in [2.45, 2.75) is 25.6 Å². The Morgan fingerprint density at radius 3 is 2.30 bits per heavy atom. The van der Waals surface area contributed by atoms with Gasteiger partial charge in [-0.3, -0.25) is 4.79 Å². The van der Waals surface area contributed by atoms with Crippen molar-refractivity contribution in [3.05, 3.63) is 32.9 Å². The smallest absolute Gasteiger partial charge is 0.346 e. The molecular formula is C12H15ClF3IN2O. The zero-order valence-electron chi connectivity index (χ0n) is 10.8. The van der Waals surface area contributed by atoms with Crippen molar-refractivity contribution in [2.24, 2.45) is 5.73 Å². The van der Waals surface area contributed by atoms with Crippen LogP contribution in [0.3, 0.4) is 0 Å². The van der Waals surface area contributed by atoms with Crippen molar-refractivity contribution < 1.29 is 18.0 Å². The van der Waals surface area contributed by atoms with Gasteiger partial charge in [-0.15, -0.1) is 12.4 Å². The number of rotatable bonds is 3. The lowest BCUT2D eigenvalue weighted by atomic mass is 10.0. The molecule has 1 amide bonds. The van der Waals surface area contributed by atoms with Crippen molar-refractivity contribution in [3.63, 3.8) is 0 Å². The van der Waals surface area contributed by atoms with Crippen LogP contribution >= 0.6 is 35.0 Å². The normalized spacial score (nSPS) is 11.8. The fourth-order valence-electron chi connectivity index (χ4n) is 1.31. The van der Waals surface area contributed by atoms with Gasteiger partial charge in [0.1, 0.15) is 0 Å². The lowest BCUT2D eigenvalue weighted by Crippen LogP contribution is -2.48. The van der Waals surface area contributed by atoms with E-state index < -0.39 is 23.2 Å². The monoisotopic (exact) mass is 422 g/mol. The van der Waals surface area contributed by atoms with Gasteiger partial charge in [-0.2, -0.15) is 13.2 Å². The van der Waals surface area contributed by atoms with E-state index in [2.05, 4.69) is 5.32 Å². The number of hydrogen-bond donors (Lipinski definition) is 2. The molecule has 0 aliphatic carbocycles. The number of amides is 1. The second-order valence-corrected chi connectivity index (χ2v) is 6.01. The van der Waals surface area contributed by atoms with Crippen LogP contribution in [-0.2, 0) is 6.18 Å². The summed E-state index contributed by atoms with van der Waals surface area (Å²) in [5, 5.41) is 2.59. The highest BCUT2D eigenvalue weighted by molar-refractivity contribution is 14.1. The van der Waals surface area contributed by atoms with Gasteiger partial charge in [0.05, 0.1) is 5.56 Å². The first kappa shape index (κ1) is 19.5. The van der Waals surface area contributed by atoms with Crippen LogP contribution in [0, 0.1) is 3.57 Å². The van der Waals surface area contributed by atoms with E-state index in [4.69, 9.17) is 5.73 Å². The van der Waals surface area contributed by atoms with Crippen molar-refractivity contribution in [2.75, 3.05) is 6.54 Å². The summed E-state index contributed by atoms with van der Waals surface area (Å²) in [5.74, 6) is -0.570. The lowest BCUT2D eigenvalue weighted by molar-refractivity contribution is -0.137. The molecule has 0 unspecified atom stereocenters. The van der Waals surface area contributed by atoms with Crippen molar-refractivity contribution >= 4 is 40.9 Å². The molecule has 0 saturated carbocycles. The molecule has 0 heterocycles. The highest BCUT2D eigenvalue weighted by Crippen LogP contribution is 2.31. The third-order valence-corrected chi connectivity index (χ3v) is 3.07. The van der Waals surface area contributed by atoms with E-state index in [1.807, 2.05) is 0 Å². The van der Waals surface area contributed by atoms with Crippen molar-refractivity contribution in [3.8, 4) is 0 Å². The molecule has 0 radical (unpaired) electrons. The fourth-order valence-corrected chi connectivity index (χ4v) is 1.99. The molecule has 1 aromatic rings. The minimum atomic E-state index is -4.47. The van der Waals surface area contributed by atoms with Gasteiger partial charge in [-0.25, -0.2) is 0 Å². The summed E-state index contributed by atoms with van der Waals surface area (Å²) < 4.78 is 38.3. The molecular weight excluding hydrogens is 407 g/mol. The minimum Gasteiger partial charge on any atom is -0.346 e. The predicted molar refractivity (Wildman–Crippen MR) is 82.0 cm³/mol. The zero-order chi connectivity index (χ0) is 14.8. The first-order valence-electron chi connectivity index (χ1n) is 5.45. The molecule has 0 aromatic heterocycles. The number of carbonyl (C=O) groups excluding carboxylic acids is 1. The number of nitrogens with one attached hydrogen (secondary N) is 1. The largest absolute Gasteiger partial charge is 0.416 e. The Hall–Kier alpha value is -0.540. The van der Waals surface area contributed by atoms with E-state index in [-0.39, 0.29) is 24.5 Å². The van der Waals surface area contributed by atoms with Crippen LogP contribution in [0.1, 0.15) is 29.8 Å². The Morgan fingerprint density at radius 2 is 1.85 bits per heavy atom. The average Bonchev–Trinajstić information content (AvgIpc) is 2.26. The summed E-state index contributed by atoms with van der Waals surface area (Å²) in [6, 6.07) is 3.23. The van der Waals surface area contributed by atoms with Gasteiger partial charge in [-0.05, 0) is 54.6 Å². The molecule has 0 saturated heterocycles. The molecule has 0 aliphatic rings. The second kappa shape index (κ2) is 6.95. The van der Waals surface area contributed by atoms with Gasteiger partial charge in [0, 0.05) is 21.2 Å². The first-order valence-corrected chi connectivity index (χ1v) is 6.53. The molecule has 8 heteroatoms. The topological polar surface area (TPSA) is 55.1 Å².